The highest BCUT2D eigenvalue weighted by molar-refractivity contribution is 5.73. The highest BCUT2D eigenvalue weighted by Gasteiger charge is 2.12. The normalized spacial score (nSPS) is 12.1. The predicted octanol–water partition coefficient (Wildman–Crippen LogP) is 1.10. The van der Waals surface area contributed by atoms with Crippen molar-refractivity contribution in [3.05, 3.63) is 48.3 Å². The minimum atomic E-state index is -1.03. The van der Waals surface area contributed by atoms with Crippen molar-refractivity contribution in [2.24, 2.45) is 5.73 Å². The third-order valence-corrected chi connectivity index (χ3v) is 2.51. The van der Waals surface area contributed by atoms with Crippen LogP contribution in [0.15, 0.2) is 42.7 Å². The number of carbonyl (C=O) groups is 1. The summed E-state index contributed by atoms with van der Waals surface area (Å²) in [5.41, 5.74) is 7.08. The lowest BCUT2D eigenvalue weighted by atomic mass is 10.1. The first-order valence-electron chi connectivity index (χ1n) is 5.51. The summed E-state index contributed by atoms with van der Waals surface area (Å²) in [6.45, 7) is 0. The molecule has 0 saturated heterocycles. The van der Waals surface area contributed by atoms with Crippen LogP contribution in [0.4, 0.5) is 0 Å². The Kier molecular flexibility index (Phi) is 3.64. The molecule has 92 valence electrons. The molecule has 3 N–H and O–H groups in total. The Labute approximate surface area is 104 Å². The molecule has 2 aromatic rings. The molecule has 1 aromatic heterocycles. The minimum Gasteiger partial charge on any atom is -0.480 e. The largest absolute Gasteiger partial charge is 0.480 e. The Balaban J connectivity index is 2.13. The second kappa shape index (κ2) is 5.37. The summed E-state index contributed by atoms with van der Waals surface area (Å²) in [4.78, 5) is 19.0. The van der Waals surface area contributed by atoms with Gasteiger partial charge in [-0.15, -0.1) is 0 Å². The molecule has 0 aliphatic carbocycles. The molecule has 1 heterocycles. The Bertz CT molecular complexity index is 526. The van der Waals surface area contributed by atoms with E-state index in [0.29, 0.717) is 11.4 Å². The maximum absolute atomic E-state index is 10.6. The standard InChI is InChI=1S/C13H13N3O2/c14-11(13(17)18)6-9-7-15-12(16-8-9)10-4-2-1-3-5-10/h1-5,7-8,11H,6,14H2,(H,17,18)/t11-/m0/s1. The molecule has 5 nitrogen and oxygen atoms in total. The highest BCUT2D eigenvalue weighted by Crippen LogP contribution is 2.13. The number of hydrogen-bond acceptors (Lipinski definition) is 4. The van der Waals surface area contributed by atoms with Crippen molar-refractivity contribution in [3.8, 4) is 11.4 Å². The van der Waals surface area contributed by atoms with Crippen molar-refractivity contribution < 1.29 is 9.90 Å². The van der Waals surface area contributed by atoms with Gasteiger partial charge in [0.05, 0.1) is 0 Å². The van der Waals surface area contributed by atoms with Crippen molar-refractivity contribution >= 4 is 5.97 Å². The molecular weight excluding hydrogens is 230 g/mol. The Morgan fingerprint density at radius 1 is 1.22 bits per heavy atom. The van der Waals surface area contributed by atoms with Crippen LogP contribution in [0.25, 0.3) is 11.4 Å². The monoisotopic (exact) mass is 243 g/mol. The summed E-state index contributed by atoms with van der Waals surface area (Å²) in [6, 6.07) is 8.65. The fraction of sp³-hybridized carbons (Fsp3) is 0.154. The van der Waals surface area contributed by atoms with Crippen LogP contribution in [0.5, 0.6) is 0 Å². The van der Waals surface area contributed by atoms with Crippen molar-refractivity contribution in [1.29, 1.82) is 0 Å². The first-order valence-corrected chi connectivity index (χ1v) is 5.51. The topological polar surface area (TPSA) is 89.1 Å². The number of hydrogen-bond donors (Lipinski definition) is 2. The number of carboxylic acids is 1. The molecule has 0 aliphatic rings. The van der Waals surface area contributed by atoms with E-state index in [1.165, 1.54) is 0 Å². The molecule has 0 aliphatic heterocycles. The van der Waals surface area contributed by atoms with E-state index in [1.54, 1.807) is 12.4 Å². The number of carboxylic acid groups (broad SMARTS) is 1. The van der Waals surface area contributed by atoms with E-state index in [1.807, 2.05) is 30.3 Å². The van der Waals surface area contributed by atoms with Gasteiger partial charge in [-0.25, -0.2) is 9.97 Å². The second-order valence-electron chi connectivity index (χ2n) is 3.93. The molecule has 0 radical (unpaired) electrons. The van der Waals surface area contributed by atoms with Gasteiger partial charge in [0.2, 0.25) is 0 Å². The zero-order valence-electron chi connectivity index (χ0n) is 9.65. The maximum atomic E-state index is 10.6. The van der Waals surface area contributed by atoms with E-state index in [4.69, 9.17) is 10.8 Å². The van der Waals surface area contributed by atoms with Crippen LogP contribution in [-0.2, 0) is 11.2 Å². The zero-order valence-corrected chi connectivity index (χ0v) is 9.65. The van der Waals surface area contributed by atoms with Gasteiger partial charge in [-0.1, -0.05) is 30.3 Å². The van der Waals surface area contributed by atoms with Crippen LogP contribution in [0, 0.1) is 0 Å². The average molecular weight is 243 g/mol. The summed E-state index contributed by atoms with van der Waals surface area (Å²) < 4.78 is 0. The van der Waals surface area contributed by atoms with Crippen molar-refractivity contribution in [2.45, 2.75) is 12.5 Å². The van der Waals surface area contributed by atoms with Crippen molar-refractivity contribution in [3.63, 3.8) is 0 Å². The van der Waals surface area contributed by atoms with Crippen molar-refractivity contribution in [2.75, 3.05) is 0 Å². The summed E-state index contributed by atoms with van der Waals surface area (Å²) in [5, 5.41) is 8.71. The molecule has 0 saturated carbocycles. The van der Waals surface area contributed by atoms with Gasteiger partial charge in [-0.3, -0.25) is 4.79 Å². The van der Waals surface area contributed by atoms with Crippen LogP contribution in [0.1, 0.15) is 5.56 Å². The lowest BCUT2D eigenvalue weighted by molar-refractivity contribution is -0.138. The van der Waals surface area contributed by atoms with Crippen LogP contribution in [0.2, 0.25) is 0 Å². The highest BCUT2D eigenvalue weighted by atomic mass is 16.4. The molecule has 0 spiro atoms. The van der Waals surface area contributed by atoms with Crippen molar-refractivity contribution in [1.82, 2.24) is 9.97 Å². The number of nitrogens with two attached hydrogens (primary N) is 1. The number of nitrogens with zero attached hydrogens (tertiary/aromatic N) is 2. The molecule has 18 heavy (non-hydrogen) atoms. The molecular formula is C13H13N3O2. The van der Waals surface area contributed by atoms with Gasteiger partial charge in [-0.05, 0) is 5.56 Å². The average Bonchev–Trinajstić information content (AvgIpc) is 2.40. The van der Waals surface area contributed by atoms with E-state index < -0.39 is 12.0 Å². The van der Waals surface area contributed by atoms with E-state index in [-0.39, 0.29) is 6.42 Å². The molecule has 0 amide bonds. The van der Waals surface area contributed by atoms with Gasteiger partial charge in [0.25, 0.3) is 0 Å². The first-order chi connectivity index (χ1) is 8.66. The molecule has 0 bridgehead atoms. The lowest BCUT2D eigenvalue weighted by Gasteiger charge is -2.06. The molecule has 0 unspecified atom stereocenters. The second-order valence-corrected chi connectivity index (χ2v) is 3.93. The summed E-state index contributed by atoms with van der Waals surface area (Å²) in [7, 11) is 0. The molecule has 1 aromatic carbocycles. The number of rotatable bonds is 4. The third kappa shape index (κ3) is 2.89. The maximum Gasteiger partial charge on any atom is 0.320 e. The summed E-state index contributed by atoms with van der Waals surface area (Å²) in [6.07, 6.45) is 3.45. The zero-order chi connectivity index (χ0) is 13.0. The van der Waals surface area contributed by atoms with Gasteiger partial charge in [0.15, 0.2) is 5.82 Å². The fourth-order valence-corrected chi connectivity index (χ4v) is 1.54. The van der Waals surface area contributed by atoms with Crippen LogP contribution in [0.3, 0.4) is 0 Å². The third-order valence-electron chi connectivity index (χ3n) is 2.51. The Morgan fingerprint density at radius 3 is 2.39 bits per heavy atom. The predicted molar refractivity (Wildman–Crippen MR) is 66.8 cm³/mol. The smallest absolute Gasteiger partial charge is 0.320 e. The van der Waals surface area contributed by atoms with Gasteiger partial charge < -0.3 is 10.8 Å². The van der Waals surface area contributed by atoms with Crippen LogP contribution < -0.4 is 5.73 Å². The SMILES string of the molecule is N[C@@H](Cc1cnc(-c2ccccc2)nc1)C(=O)O. The number of aromatic nitrogens is 2. The quantitative estimate of drug-likeness (QED) is 0.839. The summed E-state index contributed by atoms with van der Waals surface area (Å²) in [5.74, 6) is -0.412. The first kappa shape index (κ1) is 12.2. The number of aliphatic carboxylic acids is 1. The molecule has 1 atom stereocenters. The van der Waals surface area contributed by atoms with E-state index >= 15 is 0 Å². The Morgan fingerprint density at radius 2 is 1.83 bits per heavy atom. The molecule has 5 heteroatoms. The van der Waals surface area contributed by atoms with Gasteiger partial charge in [-0.2, -0.15) is 0 Å². The van der Waals surface area contributed by atoms with Gasteiger partial charge in [0.1, 0.15) is 6.04 Å². The van der Waals surface area contributed by atoms with Crippen LogP contribution in [-0.4, -0.2) is 27.1 Å². The van der Waals surface area contributed by atoms with E-state index in [2.05, 4.69) is 9.97 Å². The lowest BCUT2D eigenvalue weighted by Crippen LogP contribution is -2.32. The molecule has 2 rings (SSSR count). The van der Waals surface area contributed by atoms with Gasteiger partial charge >= 0.3 is 5.97 Å². The fourth-order valence-electron chi connectivity index (χ4n) is 1.54. The van der Waals surface area contributed by atoms with E-state index in [0.717, 1.165) is 5.56 Å². The summed E-state index contributed by atoms with van der Waals surface area (Å²) >= 11 is 0. The minimum absolute atomic E-state index is 0.227. The Hall–Kier alpha value is -2.27. The van der Waals surface area contributed by atoms with E-state index in [9.17, 15) is 4.79 Å². The van der Waals surface area contributed by atoms with Gasteiger partial charge in [0, 0.05) is 24.4 Å². The number of benzene rings is 1. The molecule has 0 fully saturated rings. The van der Waals surface area contributed by atoms with Crippen LogP contribution >= 0.6 is 0 Å².